The molecule has 1 aliphatic rings. The first-order valence-electron chi connectivity index (χ1n) is 7.65. The molecule has 2 N–H and O–H groups in total. The Kier molecular flexibility index (Phi) is 5.10. The van der Waals surface area contributed by atoms with Crippen LogP contribution in [0.25, 0.3) is 0 Å². The normalized spacial score (nSPS) is 15.7. The summed E-state index contributed by atoms with van der Waals surface area (Å²) in [5.74, 6) is 0.735. The van der Waals surface area contributed by atoms with Crippen LogP contribution in [0.3, 0.4) is 0 Å². The van der Waals surface area contributed by atoms with Gasteiger partial charge in [-0.05, 0) is 18.2 Å². The molecule has 0 radical (unpaired) electrons. The van der Waals surface area contributed by atoms with Crippen molar-refractivity contribution >= 4 is 23.5 Å². The Labute approximate surface area is 144 Å². The van der Waals surface area contributed by atoms with E-state index in [1.54, 1.807) is 30.6 Å². The highest BCUT2D eigenvalue weighted by atomic mass is 35.5. The summed E-state index contributed by atoms with van der Waals surface area (Å²) < 4.78 is 13.8. The summed E-state index contributed by atoms with van der Waals surface area (Å²) in [6.07, 6.45) is 3.45. The lowest BCUT2D eigenvalue weighted by atomic mass is 10.2. The zero-order valence-electron chi connectivity index (χ0n) is 13.1. The van der Waals surface area contributed by atoms with Crippen molar-refractivity contribution in [1.29, 1.82) is 0 Å². The maximum atomic E-state index is 13.8. The smallest absolute Gasteiger partial charge is 0.225 e. The molecule has 0 atom stereocenters. The minimum atomic E-state index is -0.370. The predicted octanol–water partition coefficient (Wildman–Crippen LogP) is 1.91. The van der Waals surface area contributed by atoms with E-state index in [0.717, 1.165) is 13.1 Å². The zero-order chi connectivity index (χ0) is 16.9. The molecule has 24 heavy (non-hydrogen) atoms. The lowest BCUT2D eigenvalue weighted by molar-refractivity contribution is 0.378. The van der Waals surface area contributed by atoms with Gasteiger partial charge in [0.05, 0.1) is 6.54 Å². The van der Waals surface area contributed by atoms with Crippen LogP contribution < -0.4 is 10.6 Å². The quantitative estimate of drug-likeness (QED) is 0.677. The summed E-state index contributed by atoms with van der Waals surface area (Å²) in [7, 11) is 0. The monoisotopic (exact) mass is 348 g/mol. The topological polar surface area (TPSA) is 70.6 Å². The molecule has 0 amide bonds. The van der Waals surface area contributed by atoms with Crippen molar-refractivity contribution in [2.24, 2.45) is 10.7 Å². The van der Waals surface area contributed by atoms with E-state index < -0.39 is 0 Å². The molecule has 1 fully saturated rings. The fraction of sp³-hybridized carbons (Fsp3) is 0.312. The van der Waals surface area contributed by atoms with Crippen LogP contribution in [0.15, 0.2) is 41.7 Å². The van der Waals surface area contributed by atoms with Crippen molar-refractivity contribution in [3.8, 4) is 0 Å². The fourth-order valence-corrected chi connectivity index (χ4v) is 2.76. The second-order valence-corrected chi connectivity index (χ2v) is 5.80. The number of aliphatic imine (C=N–C) groups is 1. The van der Waals surface area contributed by atoms with Gasteiger partial charge in [-0.2, -0.15) is 0 Å². The average Bonchev–Trinajstić information content (AvgIpc) is 2.62. The molecule has 0 unspecified atom stereocenters. The maximum absolute atomic E-state index is 13.8. The van der Waals surface area contributed by atoms with Gasteiger partial charge >= 0.3 is 0 Å². The zero-order valence-corrected chi connectivity index (χ0v) is 13.8. The molecule has 8 heteroatoms. The largest absolute Gasteiger partial charge is 0.370 e. The number of nitrogens with two attached hydrogens (primary N) is 1. The van der Waals surface area contributed by atoms with Gasteiger partial charge in [-0.1, -0.05) is 17.7 Å². The number of aromatic nitrogens is 2. The van der Waals surface area contributed by atoms with Crippen molar-refractivity contribution in [2.75, 3.05) is 31.1 Å². The molecule has 126 valence electrons. The molecule has 0 spiro atoms. The van der Waals surface area contributed by atoms with Crippen LogP contribution in [0, 0.1) is 5.82 Å². The maximum Gasteiger partial charge on any atom is 0.225 e. The summed E-state index contributed by atoms with van der Waals surface area (Å²) in [4.78, 5) is 16.8. The van der Waals surface area contributed by atoms with Crippen LogP contribution in [-0.4, -0.2) is 47.0 Å². The molecule has 1 aliphatic heterocycles. The number of halogens is 2. The first-order chi connectivity index (χ1) is 11.6. The molecule has 0 saturated carbocycles. The van der Waals surface area contributed by atoms with Gasteiger partial charge in [0.25, 0.3) is 0 Å². The third kappa shape index (κ3) is 3.73. The van der Waals surface area contributed by atoms with Crippen LogP contribution in [0.1, 0.15) is 5.56 Å². The number of hydrogen-bond donors (Lipinski definition) is 1. The highest BCUT2D eigenvalue weighted by molar-refractivity contribution is 6.31. The Bertz CT molecular complexity index is 696. The van der Waals surface area contributed by atoms with E-state index in [1.165, 1.54) is 6.07 Å². The highest BCUT2D eigenvalue weighted by Crippen LogP contribution is 2.19. The summed E-state index contributed by atoms with van der Waals surface area (Å²) in [5.41, 5.74) is 6.40. The van der Waals surface area contributed by atoms with Crippen LogP contribution in [0.2, 0.25) is 5.02 Å². The van der Waals surface area contributed by atoms with Gasteiger partial charge < -0.3 is 15.5 Å². The molecule has 2 heterocycles. The van der Waals surface area contributed by atoms with E-state index >= 15 is 0 Å². The molecule has 0 aliphatic carbocycles. The number of piperazine rings is 1. The molecule has 2 aromatic rings. The van der Waals surface area contributed by atoms with Gasteiger partial charge in [0.15, 0.2) is 5.96 Å². The average molecular weight is 349 g/mol. The Morgan fingerprint density at radius 2 is 1.88 bits per heavy atom. The Balaban J connectivity index is 1.60. The highest BCUT2D eigenvalue weighted by Gasteiger charge is 2.20. The molecule has 1 aromatic heterocycles. The Morgan fingerprint density at radius 3 is 2.54 bits per heavy atom. The number of anilines is 1. The Morgan fingerprint density at radius 1 is 1.17 bits per heavy atom. The number of benzene rings is 1. The van der Waals surface area contributed by atoms with Crippen molar-refractivity contribution in [1.82, 2.24) is 14.9 Å². The molecule has 3 rings (SSSR count). The van der Waals surface area contributed by atoms with Crippen LogP contribution in [-0.2, 0) is 6.54 Å². The lowest BCUT2D eigenvalue weighted by Crippen LogP contribution is -2.51. The van der Waals surface area contributed by atoms with E-state index in [1.807, 2.05) is 4.90 Å². The molecule has 0 bridgehead atoms. The van der Waals surface area contributed by atoms with Gasteiger partial charge in [-0.15, -0.1) is 0 Å². The van der Waals surface area contributed by atoms with E-state index in [0.29, 0.717) is 35.6 Å². The van der Waals surface area contributed by atoms with Crippen LogP contribution in [0.5, 0.6) is 0 Å². The third-order valence-corrected chi connectivity index (χ3v) is 4.25. The van der Waals surface area contributed by atoms with Crippen LogP contribution >= 0.6 is 11.6 Å². The van der Waals surface area contributed by atoms with E-state index in [9.17, 15) is 4.39 Å². The molecular weight excluding hydrogens is 331 g/mol. The summed E-state index contributed by atoms with van der Waals surface area (Å²) in [5, 5.41) is 0.359. The number of guanidine groups is 1. The molecule has 1 aromatic carbocycles. The van der Waals surface area contributed by atoms with E-state index in [2.05, 4.69) is 19.9 Å². The van der Waals surface area contributed by atoms with Gasteiger partial charge in [-0.3, -0.25) is 0 Å². The van der Waals surface area contributed by atoms with Crippen molar-refractivity contribution in [3.05, 3.63) is 53.1 Å². The number of nitrogens with zero attached hydrogens (tertiary/aromatic N) is 5. The number of hydrogen-bond acceptors (Lipinski definition) is 4. The minimum Gasteiger partial charge on any atom is -0.370 e. The summed E-state index contributed by atoms with van der Waals surface area (Å²) in [6, 6.07) is 6.37. The van der Waals surface area contributed by atoms with Crippen molar-refractivity contribution in [2.45, 2.75) is 6.54 Å². The lowest BCUT2D eigenvalue weighted by Gasteiger charge is -2.35. The van der Waals surface area contributed by atoms with Crippen molar-refractivity contribution in [3.63, 3.8) is 0 Å². The first-order valence-corrected chi connectivity index (χ1v) is 8.02. The van der Waals surface area contributed by atoms with Gasteiger partial charge in [-0.25, -0.2) is 19.4 Å². The minimum absolute atomic E-state index is 0.124. The van der Waals surface area contributed by atoms with Gasteiger partial charge in [0.1, 0.15) is 5.82 Å². The standard InChI is InChI=1S/C16H18ClFN6/c17-13-3-1-4-14(18)12(13)11-22-15(19)23-7-9-24(10-8-23)16-20-5-2-6-21-16/h1-6H,7-11H2,(H2,19,22). The molecule has 1 saturated heterocycles. The van der Waals surface area contributed by atoms with Gasteiger partial charge in [0, 0.05) is 49.2 Å². The predicted molar refractivity (Wildman–Crippen MR) is 92.6 cm³/mol. The first kappa shape index (κ1) is 16.4. The summed E-state index contributed by atoms with van der Waals surface area (Å²) in [6.45, 7) is 3.04. The van der Waals surface area contributed by atoms with E-state index in [4.69, 9.17) is 17.3 Å². The van der Waals surface area contributed by atoms with Crippen molar-refractivity contribution < 1.29 is 4.39 Å². The Hall–Kier alpha value is -2.41. The fourth-order valence-electron chi connectivity index (χ4n) is 2.53. The summed E-state index contributed by atoms with van der Waals surface area (Å²) >= 11 is 6.00. The van der Waals surface area contributed by atoms with Crippen LogP contribution in [0.4, 0.5) is 10.3 Å². The molecular formula is C16H18ClFN6. The van der Waals surface area contributed by atoms with E-state index in [-0.39, 0.29) is 12.4 Å². The second-order valence-electron chi connectivity index (χ2n) is 5.40. The SMILES string of the molecule is NC(=NCc1c(F)cccc1Cl)N1CCN(c2ncccn2)CC1. The third-order valence-electron chi connectivity index (χ3n) is 3.90. The van der Waals surface area contributed by atoms with Gasteiger partial charge in [0.2, 0.25) is 5.95 Å². The number of rotatable bonds is 3. The second kappa shape index (κ2) is 7.44. The molecule has 6 nitrogen and oxygen atoms in total.